The molecule has 1 saturated carbocycles. The summed E-state index contributed by atoms with van der Waals surface area (Å²) in [6.07, 6.45) is 5.25. The Balaban J connectivity index is 2.06. The predicted molar refractivity (Wildman–Crippen MR) is 69.8 cm³/mol. The van der Waals surface area contributed by atoms with E-state index in [0.717, 1.165) is 11.5 Å². The van der Waals surface area contributed by atoms with Gasteiger partial charge >= 0.3 is 0 Å². The molecule has 0 radical (unpaired) electrons. The molecule has 5 heteroatoms. The van der Waals surface area contributed by atoms with Crippen molar-refractivity contribution in [1.82, 2.24) is 14.6 Å². The van der Waals surface area contributed by atoms with Crippen molar-refractivity contribution in [3.8, 4) is 0 Å². The van der Waals surface area contributed by atoms with Gasteiger partial charge in [0.05, 0.1) is 6.61 Å². The van der Waals surface area contributed by atoms with Gasteiger partial charge in [-0.25, -0.2) is 4.98 Å². The van der Waals surface area contributed by atoms with Crippen LogP contribution in [0.3, 0.4) is 0 Å². The standard InChI is InChI=1S/C13H18N4O/c1-10-7-12-14-9-15-17(12)13(8-10)16(5-6-18)11-3-2-4-11/h7-9,11,18H,2-6H2,1H3. The van der Waals surface area contributed by atoms with E-state index < -0.39 is 0 Å². The van der Waals surface area contributed by atoms with E-state index in [1.807, 2.05) is 10.6 Å². The van der Waals surface area contributed by atoms with Gasteiger partial charge in [-0.15, -0.1) is 0 Å². The van der Waals surface area contributed by atoms with Gasteiger partial charge in [0.25, 0.3) is 0 Å². The van der Waals surface area contributed by atoms with Gasteiger partial charge in [-0.2, -0.15) is 9.61 Å². The number of aliphatic hydroxyl groups is 1. The van der Waals surface area contributed by atoms with Crippen molar-refractivity contribution in [3.05, 3.63) is 24.0 Å². The van der Waals surface area contributed by atoms with Crippen LogP contribution < -0.4 is 4.90 Å². The third kappa shape index (κ3) is 1.84. The third-order valence-corrected chi connectivity index (χ3v) is 3.66. The van der Waals surface area contributed by atoms with Crippen LogP contribution in [0, 0.1) is 6.92 Å². The highest BCUT2D eigenvalue weighted by Gasteiger charge is 2.26. The van der Waals surface area contributed by atoms with Crippen molar-refractivity contribution >= 4 is 11.5 Å². The van der Waals surface area contributed by atoms with Crippen LogP contribution in [0.4, 0.5) is 5.82 Å². The number of pyridine rings is 1. The molecule has 0 spiro atoms. The Labute approximate surface area is 106 Å². The summed E-state index contributed by atoms with van der Waals surface area (Å²) in [5.74, 6) is 1.04. The van der Waals surface area contributed by atoms with Gasteiger partial charge in [-0.1, -0.05) is 0 Å². The molecule has 2 aromatic rings. The zero-order valence-electron chi connectivity index (χ0n) is 10.6. The summed E-state index contributed by atoms with van der Waals surface area (Å²) in [5, 5.41) is 13.6. The smallest absolute Gasteiger partial charge is 0.157 e. The molecule has 0 aliphatic heterocycles. The summed E-state index contributed by atoms with van der Waals surface area (Å²) in [6, 6.07) is 4.68. The van der Waals surface area contributed by atoms with Gasteiger partial charge < -0.3 is 10.0 Å². The van der Waals surface area contributed by atoms with E-state index in [-0.39, 0.29) is 6.61 Å². The molecule has 0 unspecified atom stereocenters. The second-order valence-electron chi connectivity index (χ2n) is 4.92. The van der Waals surface area contributed by atoms with Crippen molar-refractivity contribution in [1.29, 1.82) is 0 Å². The van der Waals surface area contributed by atoms with Crippen molar-refractivity contribution in [2.24, 2.45) is 0 Å². The molecule has 96 valence electrons. The van der Waals surface area contributed by atoms with Crippen LogP contribution in [0.5, 0.6) is 0 Å². The largest absolute Gasteiger partial charge is 0.395 e. The monoisotopic (exact) mass is 246 g/mol. The van der Waals surface area contributed by atoms with Crippen LogP contribution in [-0.4, -0.2) is 38.9 Å². The average Bonchev–Trinajstić information content (AvgIpc) is 2.72. The fourth-order valence-corrected chi connectivity index (χ4v) is 2.53. The normalized spacial score (nSPS) is 15.9. The van der Waals surface area contributed by atoms with Gasteiger partial charge in [-0.3, -0.25) is 0 Å². The summed E-state index contributed by atoms with van der Waals surface area (Å²) in [7, 11) is 0. The SMILES string of the molecule is Cc1cc(N(CCO)C2CCC2)n2ncnc2c1. The first-order valence-electron chi connectivity index (χ1n) is 6.47. The van der Waals surface area contributed by atoms with Crippen LogP contribution >= 0.6 is 0 Å². The molecule has 0 atom stereocenters. The van der Waals surface area contributed by atoms with Crippen molar-refractivity contribution in [2.45, 2.75) is 32.2 Å². The Morgan fingerprint density at radius 3 is 2.94 bits per heavy atom. The lowest BCUT2D eigenvalue weighted by atomic mass is 9.91. The number of anilines is 1. The molecule has 1 N–H and O–H groups in total. The topological polar surface area (TPSA) is 53.7 Å². The zero-order valence-corrected chi connectivity index (χ0v) is 10.6. The molecule has 1 aliphatic rings. The first-order chi connectivity index (χ1) is 8.79. The van der Waals surface area contributed by atoms with E-state index in [4.69, 9.17) is 0 Å². The number of aromatic nitrogens is 3. The van der Waals surface area contributed by atoms with E-state index in [1.54, 1.807) is 6.33 Å². The van der Waals surface area contributed by atoms with Gasteiger partial charge in [0.15, 0.2) is 5.65 Å². The fourth-order valence-electron chi connectivity index (χ4n) is 2.53. The molecule has 0 saturated heterocycles. The molecular weight excluding hydrogens is 228 g/mol. The maximum Gasteiger partial charge on any atom is 0.157 e. The number of hydrogen-bond acceptors (Lipinski definition) is 4. The van der Waals surface area contributed by atoms with E-state index in [1.165, 1.54) is 24.8 Å². The highest BCUT2D eigenvalue weighted by Crippen LogP contribution is 2.29. The van der Waals surface area contributed by atoms with Gasteiger partial charge in [0.2, 0.25) is 0 Å². The Bertz CT molecular complexity index is 547. The molecule has 0 bridgehead atoms. The minimum absolute atomic E-state index is 0.167. The molecule has 2 aromatic heterocycles. The van der Waals surface area contributed by atoms with E-state index in [2.05, 4.69) is 28.0 Å². The van der Waals surface area contributed by atoms with Crippen molar-refractivity contribution in [3.63, 3.8) is 0 Å². The molecule has 1 fully saturated rings. The molecule has 2 heterocycles. The van der Waals surface area contributed by atoms with Crippen molar-refractivity contribution < 1.29 is 5.11 Å². The van der Waals surface area contributed by atoms with Crippen LogP contribution in [0.15, 0.2) is 18.5 Å². The van der Waals surface area contributed by atoms with Gasteiger partial charge in [0.1, 0.15) is 12.1 Å². The number of aliphatic hydroxyl groups excluding tert-OH is 1. The molecular formula is C13H18N4O. The zero-order chi connectivity index (χ0) is 12.5. The molecule has 0 aromatic carbocycles. The third-order valence-electron chi connectivity index (χ3n) is 3.66. The van der Waals surface area contributed by atoms with E-state index >= 15 is 0 Å². The van der Waals surface area contributed by atoms with E-state index in [9.17, 15) is 5.11 Å². The lowest BCUT2D eigenvalue weighted by Gasteiger charge is -2.38. The highest BCUT2D eigenvalue weighted by atomic mass is 16.3. The van der Waals surface area contributed by atoms with Crippen molar-refractivity contribution in [2.75, 3.05) is 18.1 Å². The summed E-state index contributed by atoms with van der Waals surface area (Å²) >= 11 is 0. The number of fused-ring (bicyclic) bond motifs is 1. The minimum atomic E-state index is 0.167. The average molecular weight is 246 g/mol. The summed E-state index contributed by atoms with van der Waals surface area (Å²) in [5.41, 5.74) is 2.04. The maximum absolute atomic E-state index is 9.27. The Hall–Kier alpha value is -1.62. The molecule has 5 nitrogen and oxygen atoms in total. The highest BCUT2D eigenvalue weighted by molar-refractivity contribution is 5.53. The van der Waals surface area contributed by atoms with Crippen LogP contribution in [-0.2, 0) is 0 Å². The maximum atomic E-state index is 9.27. The molecule has 18 heavy (non-hydrogen) atoms. The molecule has 0 amide bonds. The number of nitrogens with zero attached hydrogens (tertiary/aromatic N) is 4. The summed E-state index contributed by atoms with van der Waals surface area (Å²) in [6.45, 7) is 2.89. The lowest BCUT2D eigenvalue weighted by molar-refractivity contribution is 0.282. The summed E-state index contributed by atoms with van der Waals surface area (Å²) in [4.78, 5) is 6.51. The van der Waals surface area contributed by atoms with Crippen LogP contribution in [0.2, 0.25) is 0 Å². The number of aryl methyl sites for hydroxylation is 1. The molecule has 1 aliphatic carbocycles. The van der Waals surface area contributed by atoms with Crippen LogP contribution in [0.1, 0.15) is 24.8 Å². The predicted octanol–water partition coefficient (Wildman–Crippen LogP) is 1.39. The first-order valence-corrected chi connectivity index (χ1v) is 6.47. The van der Waals surface area contributed by atoms with Gasteiger partial charge in [-0.05, 0) is 43.9 Å². The second kappa shape index (κ2) is 4.57. The Kier molecular flexibility index (Phi) is 2.91. The number of rotatable bonds is 4. The van der Waals surface area contributed by atoms with Crippen LogP contribution in [0.25, 0.3) is 5.65 Å². The number of hydrogen-bond donors (Lipinski definition) is 1. The summed E-state index contributed by atoms with van der Waals surface area (Å²) < 4.78 is 1.86. The van der Waals surface area contributed by atoms with Gasteiger partial charge in [0, 0.05) is 12.6 Å². The molecule has 3 rings (SSSR count). The Morgan fingerprint density at radius 1 is 1.44 bits per heavy atom. The lowest BCUT2D eigenvalue weighted by Crippen LogP contribution is -2.43. The quantitative estimate of drug-likeness (QED) is 0.885. The fraction of sp³-hybridized carbons (Fsp3) is 0.538. The minimum Gasteiger partial charge on any atom is -0.395 e. The first kappa shape index (κ1) is 11.5. The van der Waals surface area contributed by atoms with E-state index in [0.29, 0.717) is 12.6 Å². The Morgan fingerprint density at radius 2 is 2.28 bits per heavy atom. The second-order valence-corrected chi connectivity index (χ2v) is 4.92.